The van der Waals surface area contributed by atoms with Crippen LogP contribution in [0.5, 0.6) is 5.75 Å². The molecule has 1 amide bonds. The molecule has 0 bridgehead atoms. The highest BCUT2D eigenvalue weighted by Gasteiger charge is 2.62. The zero-order valence-corrected chi connectivity index (χ0v) is 20.1. The van der Waals surface area contributed by atoms with E-state index in [1.165, 1.54) is 0 Å². The highest BCUT2D eigenvalue weighted by molar-refractivity contribution is 7.80. The molecule has 2 unspecified atom stereocenters. The van der Waals surface area contributed by atoms with Gasteiger partial charge in [-0.05, 0) is 49.0 Å². The summed E-state index contributed by atoms with van der Waals surface area (Å²) in [5.41, 5.74) is 9.55. The number of nitrogens with two attached hydrogens (primary N) is 2. The summed E-state index contributed by atoms with van der Waals surface area (Å²) < 4.78 is 0. The number of nitrogens with zero attached hydrogens (tertiary/aromatic N) is 1. The van der Waals surface area contributed by atoms with Crippen LogP contribution < -0.4 is 21.7 Å². The Morgan fingerprint density at radius 1 is 1.26 bits per heavy atom. The van der Waals surface area contributed by atoms with Crippen LogP contribution in [0.25, 0.3) is 0 Å². The highest BCUT2D eigenvalue weighted by Crippen LogP contribution is 2.52. The largest absolute Gasteiger partial charge is 0.508 e. The Balaban J connectivity index is 1.89. The van der Waals surface area contributed by atoms with Gasteiger partial charge in [0.1, 0.15) is 17.4 Å². The summed E-state index contributed by atoms with van der Waals surface area (Å²) in [5.74, 6) is -7.39. The lowest BCUT2D eigenvalue weighted by atomic mass is 9.57. The van der Waals surface area contributed by atoms with Crippen molar-refractivity contribution in [3.05, 3.63) is 34.1 Å². The van der Waals surface area contributed by atoms with Crippen molar-refractivity contribution in [3.63, 3.8) is 0 Å². The van der Waals surface area contributed by atoms with Crippen molar-refractivity contribution >= 4 is 40.5 Å². The second kappa shape index (κ2) is 8.47. The van der Waals surface area contributed by atoms with Crippen LogP contribution in [0.15, 0.2) is 17.4 Å². The molecule has 1 aromatic carbocycles. The van der Waals surface area contributed by atoms with E-state index in [0.29, 0.717) is 16.8 Å². The lowest BCUT2D eigenvalue weighted by Crippen LogP contribution is -2.63. The topological polar surface area (TPSA) is 199 Å². The van der Waals surface area contributed by atoms with Gasteiger partial charge in [0.25, 0.3) is 0 Å². The lowest BCUT2D eigenvalue weighted by molar-refractivity contribution is -0.167. The first-order valence-corrected chi connectivity index (χ1v) is 11.5. The fraction of sp³-hybridized carbons (Fsp3) is 0.478. The first-order valence-electron chi connectivity index (χ1n) is 11.1. The van der Waals surface area contributed by atoms with Gasteiger partial charge in [0.15, 0.2) is 22.3 Å². The monoisotopic (exact) mass is 504 g/mol. The van der Waals surface area contributed by atoms with E-state index in [-0.39, 0.29) is 47.8 Å². The smallest absolute Gasteiger partial charge is 0.230 e. The van der Waals surface area contributed by atoms with Crippen molar-refractivity contribution in [3.8, 4) is 5.75 Å². The first-order chi connectivity index (χ1) is 16.3. The molecule has 11 nitrogen and oxygen atoms in total. The minimum Gasteiger partial charge on any atom is -0.508 e. The maximum Gasteiger partial charge on any atom is 0.230 e. The molecule has 1 fully saturated rings. The third-order valence-corrected chi connectivity index (χ3v) is 7.52. The number of carbonyl (C=O) groups is 3. The van der Waals surface area contributed by atoms with Gasteiger partial charge in [-0.1, -0.05) is 0 Å². The predicted octanol–water partition coefficient (Wildman–Crippen LogP) is -0.855. The third kappa shape index (κ3) is 3.63. The number of nitrogens with one attached hydrogen (secondary N) is 1. The van der Waals surface area contributed by atoms with Crippen LogP contribution in [0.3, 0.4) is 0 Å². The average molecular weight is 505 g/mol. The minimum absolute atomic E-state index is 0.00261. The number of fused-ring (bicyclic) bond motifs is 3. The van der Waals surface area contributed by atoms with Gasteiger partial charge in [-0.2, -0.15) is 0 Å². The van der Waals surface area contributed by atoms with E-state index in [1.807, 2.05) is 0 Å². The van der Waals surface area contributed by atoms with Crippen molar-refractivity contribution in [1.29, 1.82) is 0 Å². The highest BCUT2D eigenvalue weighted by atomic mass is 32.1. The van der Waals surface area contributed by atoms with E-state index >= 15 is 0 Å². The van der Waals surface area contributed by atoms with E-state index in [2.05, 4.69) is 5.32 Å². The summed E-state index contributed by atoms with van der Waals surface area (Å²) in [6.45, 7) is 0.0414. The molecule has 1 aromatic rings. The second-order valence-electron chi connectivity index (χ2n) is 9.61. The van der Waals surface area contributed by atoms with Gasteiger partial charge in [-0.25, -0.2) is 0 Å². The number of phenolic OH excluding ortho intramolecular Hbond substituents is 1. The number of carbonyl (C=O) groups excluding carboxylic acids is 3. The quantitative estimate of drug-likeness (QED) is 0.199. The summed E-state index contributed by atoms with van der Waals surface area (Å²) in [6, 6.07) is 1.71. The number of thiocarbonyl (C=S) groups is 1. The van der Waals surface area contributed by atoms with E-state index < -0.39 is 52.7 Å². The SMILES string of the molecule is CN(C)c1cc(CNC(N)=S)c(O)c2c1C[C@H]1C[C@H]3CC(O)C(C(N)=O)C(=O)[C@@]3(O)C(O)=C1C2=O. The van der Waals surface area contributed by atoms with Crippen molar-refractivity contribution in [2.75, 3.05) is 19.0 Å². The number of hydrogen-bond acceptors (Lipinski definition) is 9. The number of rotatable bonds is 4. The number of hydrogen-bond donors (Lipinski definition) is 7. The van der Waals surface area contributed by atoms with Gasteiger partial charge < -0.3 is 42.1 Å². The number of amides is 1. The van der Waals surface area contributed by atoms with Crippen LogP contribution in [0, 0.1) is 17.8 Å². The van der Waals surface area contributed by atoms with Gasteiger partial charge in [-0.3, -0.25) is 14.4 Å². The Morgan fingerprint density at radius 2 is 1.91 bits per heavy atom. The summed E-state index contributed by atoms with van der Waals surface area (Å²) in [5, 5.41) is 46.6. The lowest BCUT2D eigenvalue weighted by Gasteiger charge is -2.48. The molecular formula is C23H28N4O7S. The summed E-state index contributed by atoms with van der Waals surface area (Å²) in [6.07, 6.45) is -1.22. The molecule has 0 spiro atoms. The molecule has 0 radical (unpaired) electrons. The number of ketones is 2. The maximum absolute atomic E-state index is 13.7. The Morgan fingerprint density at radius 3 is 2.49 bits per heavy atom. The fourth-order valence-electron chi connectivity index (χ4n) is 5.75. The molecule has 0 saturated heterocycles. The van der Waals surface area contributed by atoms with E-state index in [9.17, 15) is 34.8 Å². The Hall–Kier alpha value is -3.22. The molecule has 1 saturated carbocycles. The number of benzene rings is 1. The molecule has 0 aromatic heterocycles. The number of primary amides is 1. The normalized spacial score (nSPS) is 29.7. The minimum atomic E-state index is -2.54. The molecule has 5 atom stereocenters. The number of aromatic hydroxyl groups is 1. The zero-order chi connectivity index (χ0) is 26.0. The zero-order valence-electron chi connectivity index (χ0n) is 19.2. The van der Waals surface area contributed by atoms with Gasteiger partial charge in [0.05, 0.1) is 11.7 Å². The third-order valence-electron chi connectivity index (χ3n) is 7.38. The molecule has 0 aliphatic heterocycles. The first kappa shape index (κ1) is 24.9. The van der Waals surface area contributed by atoms with E-state index in [0.717, 1.165) is 0 Å². The molecule has 9 N–H and O–H groups in total. The number of anilines is 1. The maximum atomic E-state index is 13.7. The fourth-order valence-corrected chi connectivity index (χ4v) is 5.82. The van der Waals surface area contributed by atoms with Crippen LogP contribution in [0.1, 0.15) is 34.3 Å². The summed E-state index contributed by atoms with van der Waals surface area (Å²) in [7, 11) is 3.56. The number of aliphatic hydroxyl groups is 3. The van der Waals surface area contributed by atoms with Crippen LogP contribution >= 0.6 is 12.2 Å². The number of allylic oxidation sites excluding steroid dienone is 1. The molecule has 12 heteroatoms. The number of phenols is 1. The Labute approximate surface area is 206 Å². The van der Waals surface area contributed by atoms with Crippen molar-refractivity contribution in [2.45, 2.75) is 37.5 Å². The van der Waals surface area contributed by atoms with Crippen LogP contribution in [-0.2, 0) is 22.6 Å². The molecule has 3 aliphatic rings. The average Bonchev–Trinajstić information content (AvgIpc) is 2.75. The molecule has 4 rings (SSSR count). The Kier molecular flexibility index (Phi) is 6.02. The molecular weight excluding hydrogens is 476 g/mol. The van der Waals surface area contributed by atoms with Gasteiger partial charge in [0, 0.05) is 43.4 Å². The number of aliphatic hydroxyl groups excluding tert-OH is 2. The van der Waals surface area contributed by atoms with Crippen molar-refractivity contribution in [2.24, 2.45) is 29.2 Å². The standard InChI is InChI=1S/C23H28N4O7S/c1-27(2)12-5-9(7-26-22(25)35)17(29)15-11(12)4-8-3-10-6-13(28)16(21(24)33)20(32)23(10,34)19(31)14(8)18(15)30/h5,8,10,13,16,28-29,31,34H,3-4,6-7H2,1-2H3,(H2,24,33)(H3,25,26,35)/t8-,10+,13?,16?,23+/m1/s1. The molecule has 188 valence electrons. The van der Waals surface area contributed by atoms with Gasteiger partial charge in [-0.15, -0.1) is 0 Å². The molecule has 35 heavy (non-hydrogen) atoms. The van der Waals surface area contributed by atoms with Gasteiger partial charge in [0.2, 0.25) is 5.91 Å². The summed E-state index contributed by atoms with van der Waals surface area (Å²) >= 11 is 4.83. The number of Topliss-reactive ketones (excluding diaryl/α,β-unsaturated/α-hetero) is 2. The van der Waals surface area contributed by atoms with E-state index in [4.69, 9.17) is 23.7 Å². The predicted molar refractivity (Wildman–Crippen MR) is 129 cm³/mol. The summed E-state index contributed by atoms with van der Waals surface area (Å²) in [4.78, 5) is 40.4. The van der Waals surface area contributed by atoms with Crippen molar-refractivity contribution < 1.29 is 34.8 Å². The molecule has 0 heterocycles. The van der Waals surface area contributed by atoms with Crippen LogP contribution in [-0.4, -0.2) is 68.8 Å². The van der Waals surface area contributed by atoms with E-state index in [1.54, 1.807) is 25.1 Å². The molecule has 3 aliphatic carbocycles. The van der Waals surface area contributed by atoms with Crippen LogP contribution in [0.2, 0.25) is 0 Å². The van der Waals surface area contributed by atoms with Crippen molar-refractivity contribution in [1.82, 2.24) is 5.32 Å². The second-order valence-corrected chi connectivity index (χ2v) is 10.0. The Bertz CT molecular complexity index is 1200. The van der Waals surface area contributed by atoms with Crippen LogP contribution in [0.4, 0.5) is 5.69 Å². The van der Waals surface area contributed by atoms with Gasteiger partial charge >= 0.3 is 0 Å².